The van der Waals surface area contributed by atoms with Gasteiger partial charge in [0.25, 0.3) is 11.7 Å². The number of rotatable bonds is 7. The lowest BCUT2D eigenvalue weighted by atomic mass is 9.95. The number of hydrogen-bond donors (Lipinski definition) is 2. The number of nitrogens with zero attached hydrogens (tertiary/aromatic N) is 2. The van der Waals surface area contributed by atoms with Crippen molar-refractivity contribution in [2.45, 2.75) is 12.5 Å². The van der Waals surface area contributed by atoms with Crippen LogP contribution in [0.3, 0.4) is 0 Å². The second-order valence-corrected chi connectivity index (χ2v) is 8.02. The van der Waals surface area contributed by atoms with Crippen LogP contribution >= 0.6 is 11.6 Å². The molecule has 0 spiro atoms. The monoisotopic (exact) mass is 444 g/mol. The number of benzene rings is 2. The van der Waals surface area contributed by atoms with Crippen molar-refractivity contribution in [2.75, 3.05) is 34.3 Å². The highest BCUT2D eigenvalue weighted by molar-refractivity contribution is 6.46. The minimum absolute atomic E-state index is 0.00933. The van der Waals surface area contributed by atoms with Crippen LogP contribution in [0.5, 0.6) is 11.5 Å². The largest absolute Gasteiger partial charge is 0.507 e. The SMILES string of the molecule is COc1cc(C2/C(=C(/O)c3ccc(Cl)cc3)C(=O)C(=O)N2CCCN(C)C)ccc1O. The average Bonchev–Trinajstić information content (AvgIpc) is 2.99. The first kappa shape index (κ1) is 22.7. The number of phenolic OH excluding ortho intramolecular Hbond substituents is 1. The van der Waals surface area contributed by atoms with Crippen molar-refractivity contribution in [1.82, 2.24) is 9.80 Å². The highest BCUT2D eigenvalue weighted by Gasteiger charge is 2.46. The summed E-state index contributed by atoms with van der Waals surface area (Å²) in [5.74, 6) is -1.56. The van der Waals surface area contributed by atoms with Crippen molar-refractivity contribution in [2.24, 2.45) is 0 Å². The van der Waals surface area contributed by atoms with Crippen LogP contribution in [0.2, 0.25) is 5.02 Å². The normalized spacial score (nSPS) is 18.1. The van der Waals surface area contributed by atoms with Gasteiger partial charge in [-0.1, -0.05) is 17.7 Å². The zero-order valence-corrected chi connectivity index (χ0v) is 18.4. The molecule has 2 aromatic rings. The van der Waals surface area contributed by atoms with Gasteiger partial charge in [-0.05, 0) is 69.0 Å². The minimum Gasteiger partial charge on any atom is -0.507 e. The summed E-state index contributed by atoms with van der Waals surface area (Å²) >= 11 is 5.94. The molecule has 1 amide bonds. The third kappa shape index (κ3) is 4.68. The Morgan fingerprint density at radius 1 is 1.16 bits per heavy atom. The highest BCUT2D eigenvalue weighted by Crippen LogP contribution is 2.41. The lowest BCUT2D eigenvalue weighted by molar-refractivity contribution is -0.139. The maximum atomic E-state index is 13.0. The summed E-state index contributed by atoms with van der Waals surface area (Å²) < 4.78 is 5.20. The van der Waals surface area contributed by atoms with Crippen molar-refractivity contribution < 1.29 is 24.5 Å². The molecule has 0 aliphatic carbocycles. The van der Waals surface area contributed by atoms with E-state index in [1.807, 2.05) is 19.0 Å². The van der Waals surface area contributed by atoms with Crippen LogP contribution in [0.15, 0.2) is 48.0 Å². The van der Waals surface area contributed by atoms with Gasteiger partial charge in [0, 0.05) is 17.1 Å². The predicted molar refractivity (Wildman–Crippen MR) is 118 cm³/mol. The number of aliphatic hydroxyl groups excluding tert-OH is 1. The molecule has 0 bridgehead atoms. The molecule has 2 aromatic carbocycles. The minimum atomic E-state index is -0.813. The Bertz CT molecular complexity index is 1020. The van der Waals surface area contributed by atoms with Crippen molar-refractivity contribution in [3.63, 3.8) is 0 Å². The molecule has 1 aliphatic heterocycles. The summed E-state index contributed by atoms with van der Waals surface area (Å²) in [5, 5.41) is 21.5. The van der Waals surface area contributed by atoms with E-state index < -0.39 is 17.7 Å². The fourth-order valence-electron chi connectivity index (χ4n) is 3.64. The van der Waals surface area contributed by atoms with Crippen LogP contribution in [0.25, 0.3) is 5.76 Å². The van der Waals surface area contributed by atoms with Crippen LogP contribution in [-0.2, 0) is 9.59 Å². The number of phenols is 1. The Morgan fingerprint density at radius 2 is 1.84 bits per heavy atom. The summed E-state index contributed by atoms with van der Waals surface area (Å²) in [6.07, 6.45) is 0.646. The first-order valence-electron chi connectivity index (χ1n) is 9.80. The van der Waals surface area contributed by atoms with E-state index in [9.17, 15) is 19.8 Å². The number of hydrogen-bond acceptors (Lipinski definition) is 6. The van der Waals surface area contributed by atoms with Gasteiger partial charge in [-0.15, -0.1) is 0 Å². The number of ketones is 1. The molecule has 7 nitrogen and oxygen atoms in total. The molecule has 1 saturated heterocycles. The molecular formula is C23H25ClN2O5. The quantitative estimate of drug-likeness (QED) is 0.386. The number of likely N-dealkylation sites (tertiary alicyclic amines) is 1. The lowest BCUT2D eigenvalue weighted by Gasteiger charge is -2.26. The Kier molecular flexibility index (Phi) is 6.87. The van der Waals surface area contributed by atoms with E-state index in [1.54, 1.807) is 36.4 Å². The highest BCUT2D eigenvalue weighted by atomic mass is 35.5. The molecular weight excluding hydrogens is 420 g/mol. The second kappa shape index (κ2) is 9.41. The van der Waals surface area contributed by atoms with E-state index in [1.165, 1.54) is 18.1 Å². The molecule has 2 N–H and O–H groups in total. The predicted octanol–water partition coefficient (Wildman–Crippen LogP) is 3.43. The number of carbonyl (C=O) groups is 2. The molecule has 1 unspecified atom stereocenters. The van der Waals surface area contributed by atoms with Gasteiger partial charge in [0.2, 0.25) is 0 Å². The van der Waals surface area contributed by atoms with Gasteiger partial charge < -0.3 is 24.7 Å². The molecule has 0 saturated carbocycles. The topological polar surface area (TPSA) is 90.3 Å². The molecule has 0 aromatic heterocycles. The van der Waals surface area contributed by atoms with Gasteiger partial charge in [0.15, 0.2) is 11.5 Å². The van der Waals surface area contributed by atoms with Gasteiger partial charge in [-0.3, -0.25) is 9.59 Å². The summed E-state index contributed by atoms with van der Waals surface area (Å²) in [6.45, 7) is 1.06. The fraction of sp³-hybridized carbons (Fsp3) is 0.304. The summed E-state index contributed by atoms with van der Waals surface area (Å²) in [6, 6.07) is 10.2. The van der Waals surface area contributed by atoms with Gasteiger partial charge in [0.1, 0.15) is 5.76 Å². The summed E-state index contributed by atoms with van der Waals surface area (Å²) in [4.78, 5) is 29.3. The number of ether oxygens (including phenoxy) is 1. The fourth-order valence-corrected chi connectivity index (χ4v) is 3.77. The number of halogens is 1. The number of aromatic hydroxyl groups is 1. The van der Waals surface area contributed by atoms with E-state index in [0.29, 0.717) is 29.1 Å². The molecule has 1 fully saturated rings. The van der Waals surface area contributed by atoms with Gasteiger partial charge in [0.05, 0.1) is 18.7 Å². The smallest absolute Gasteiger partial charge is 0.295 e. The van der Waals surface area contributed by atoms with Gasteiger partial charge in [-0.2, -0.15) is 0 Å². The molecule has 1 heterocycles. The number of methoxy groups -OCH3 is 1. The van der Waals surface area contributed by atoms with Gasteiger partial charge in [-0.25, -0.2) is 0 Å². The van der Waals surface area contributed by atoms with E-state index >= 15 is 0 Å². The van der Waals surface area contributed by atoms with E-state index in [-0.39, 0.29) is 22.8 Å². The zero-order valence-electron chi connectivity index (χ0n) is 17.6. The molecule has 3 rings (SSSR count). The van der Waals surface area contributed by atoms with Crippen LogP contribution in [0.1, 0.15) is 23.6 Å². The summed E-state index contributed by atoms with van der Waals surface area (Å²) in [5.41, 5.74) is 0.922. The van der Waals surface area contributed by atoms with Crippen molar-refractivity contribution >= 4 is 29.1 Å². The molecule has 1 atom stereocenters. The molecule has 164 valence electrons. The maximum Gasteiger partial charge on any atom is 0.295 e. The molecule has 0 radical (unpaired) electrons. The maximum absolute atomic E-state index is 13.0. The zero-order chi connectivity index (χ0) is 22.7. The van der Waals surface area contributed by atoms with E-state index in [0.717, 1.165) is 6.54 Å². The van der Waals surface area contributed by atoms with Crippen LogP contribution in [0, 0.1) is 0 Å². The summed E-state index contributed by atoms with van der Waals surface area (Å²) in [7, 11) is 5.27. The molecule has 1 aliphatic rings. The second-order valence-electron chi connectivity index (χ2n) is 7.59. The molecule has 8 heteroatoms. The van der Waals surface area contributed by atoms with Crippen LogP contribution in [0.4, 0.5) is 0 Å². The van der Waals surface area contributed by atoms with E-state index in [2.05, 4.69) is 0 Å². The van der Waals surface area contributed by atoms with Crippen molar-refractivity contribution in [1.29, 1.82) is 0 Å². The Balaban J connectivity index is 2.13. The third-order valence-electron chi connectivity index (χ3n) is 5.18. The standard InChI is InChI=1S/C23H25ClN2O5/c1-25(2)11-4-12-26-20(15-7-10-17(27)18(13-15)31-3)19(22(29)23(26)30)21(28)14-5-8-16(24)9-6-14/h5-10,13,20,27-28H,4,11-12H2,1-3H3/b21-19-. The first-order chi connectivity index (χ1) is 14.7. The average molecular weight is 445 g/mol. The Labute approximate surface area is 186 Å². The number of carbonyl (C=O) groups excluding carboxylic acids is 2. The van der Waals surface area contributed by atoms with Crippen molar-refractivity contribution in [3.05, 3.63) is 64.2 Å². The van der Waals surface area contributed by atoms with Gasteiger partial charge >= 0.3 is 0 Å². The number of Topliss-reactive ketones (excluding diaryl/α,β-unsaturated/α-hetero) is 1. The van der Waals surface area contributed by atoms with Crippen LogP contribution in [-0.4, -0.2) is 66.0 Å². The lowest BCUT2D eigenvalue weighted by Crippen LogP contribution is -2.32. The van der Waals surface area contributed by atoms with Crippen molar-refractivity contribution in [3.8, 4) is 11.5 Å². The molecule has 31 heavy (non-hydrogen) atoms. The Hall–Kier alpha value is -3.03. The number of aliphatic hydroxyl groups is 1. The van der Waals surface area contributed by atoms with Crippen LogP contribution < -0.4 is 4.74 Å². The van der Waals surface area contributed by atoms with E-state index in [4.69, 9.17) is 16.3 Å². The first-order valence-corrected chi connectivity index (χ1v) is 10.2. The number of amides is 1. The third-order valence-corrected chi connectivity index (χ3v) is 5.43. The Morgan fingerprint density at radius 3 is 2.45 bits per heavy atom.